The highest BCUT2D eigenvalue weighted by Gasteiger charge is 2.17. The van der Waals surface area contributed by atoms with Crippen LogP contribution in [0.25, 0.3) is 11.8 Å². The molecule has 0 saturated carbocycles. The van der Waals surface area contributed by atoms with Crippen molar-refractivity contribution in [3.8, 4) is 23.3 Å². The molecule has 0 saturated heterocycles. The predicted molar refractivity (Wildman–Crippen MR) is 87.0 cm³/mol. The number of aromatic nitrogens is 1. The molecule has 24 heavy (non-hydrogen) atoms. The van der Waals surface area contributed by atoms with Gasteiger partial charge in [0, 0.05) is 23.1 Å². The Balaban J connectivity index is 2.06. The molecule has 1 aromatic heterocycles. The zero-order chi connectivity index (χ0) is 17.3. The van der Waals surface area contributed by atoms with Crippen LogP contribution in [0.15, 0.2) is 29.8 Å². The number of nitriles is 1. The molecular formula is C18H16N2O4. The van der Waals surface area contributed by atoms with Crippen molar-refractivity contribution in [2.75, 3.05) is 13.9 Å². The van der Waals surface area contributed by atoms with E-state index in [1.807, 2.05) is 48.7 Å². The Hall–Kier alpha value is -3.20. The topological polar surface area (TPSA) is 73.5 Å². The summed E-state index contributed by atoms with van der Waals surface area (Å²) in [5.41, 5.74) is 3.55. The summed E-state index contributed by atoms with van der Waals surface area (Å²) in [4.78, 5) is 11.6. The number of esters is 1. The number of aryl methyl sites for hydroxylation is 1. The predicted octanol–water partition coefficient (Wildman–Crippen LogP) is 2.90. The number of hydrogen-bond donors (Lipinski definition) is 0. The van der Waals surface area contributed by atoms with Gasteiger partial charge in [-0.25, -0.2) is 4.79 Å². The summed E-state index contributed by atoms with van der Waals surface area (Å²) in [6, 6.07) is 9.49. The molecule has 0 bridgehead atoms. The summed E-state index contributed by atoms with van der Waals surface area (Å²) < 4.78 is 17.4. The minimum Gasteiger partial charge on any atom is -0.465 e. The van der Waals surface area contributed by atoms with Crippen LogP contribution in [0.5, 0.6) is 11.5 Å². The van der Waals surface area contributed by atoms with Crippen molar-refractivity contribution in [2.45, 2.75) is 13.8 Å². The summed E-state index contributed by atoms with van der Waals surface area (Å²) in [6.07, 6.45) is 1.54. The molecule has 6 nitrogen and oxygen atoms in total. The second-order valence-electron chi connectivity index (χ2n) is 5.36. The molecule has 0 spiro atoms. The van der Waals surface area contributed by atoms with Gasteiger partial charge < -0.3 is 18.8 Å². The number of carbonyl (C=O) groups is 1. The first kappa shape index (κ1) is 15.7. The van der Waals surface area contributed by atoms with E-state index < -0.39 is 5.97 Å². The van der Waals surface area contributed by atoms with Crippen molar-refractivity contribution in [1.82, 2.24) is 4.57 Å². The number of methoxy groups -OCH3 is 1. The number of nitrogens with zero attached hydrogens (tertiary/aromatic N) is 2. The summed E-state index contributed by atoms with van der Waals surface area (Å²) in [7, 11) is 1.25. The van der Waals surface area contributed by atoms with Crippen LogP contribution >= 0.6 is 0 Å². The maximum Gasteiger partial charge on any atom is 0.348 e. The molecule has 0 aliphatic carbocycles. The van der Waals surface area contributed by atoms with E-state index in [0.29, 0.717) is 5.75 Å². The van der Waals surface area contributed by atoms with Crippen LogP contribution in [-0.2, 0) is 9.53 Å². The number of ether oxygens (including phenoxy) is 3. The van der Waals surface area contributed by atoms with Gasteiger partial charge in [0.1, 0.15) is 11.6 Å². The molecule has 0 fully saturated rings. The smallest absolute Gasteiger partial charge is 0.348 e. The Labute approximate surface area is 139 Å². The highest BCUT2D eigenvalue weighted by Crippen LogP contribution is 2.35. The molecule has 0 N–H and O–H groups in total. The molecule has 1 aliphatic heterocycles. The van der Waals surface area contributed by atoms with Gasteiger partial charge in [-0.05, 0) is 43.7 Å². The van der Waals surface area contributed by atoms with E-state index in [2.05, 4.69) is 4.74 Å². The molecule has 0 amide bonds. The molecule has 1 aromatic carbocycles. The quantitative estimate of drug-likeness (QED) is 0.493. The molecule has 6 heteroatoms. The van der Waals surface area contributed by atoms with E-state index in [9.17, 15) is 4.79 Å². The number of rotatable bonds is 3. The highest BCUT2D eigenvalue weighted by molar-refractivity contribution is 5.98. The van der Waals surface area contributed by atoms with Crippen molar-refractivity contribution in [1.29, 1.82) is 5.26 Å². The highest BCUT2D eigenvalue weighted by atomic mass is 16.7. The number of carbonyl (C=O) groups excluding carboxylic acids is 1. The Morgan fingerprint density at radius 2 is 2.04 bits per heavy atom. The number of fused-ring (bicyclic) bond motifs is 1. The molecular weight excluding hydrogens is 308 g/mol. The maximum absolute atomic E-state index is 11.6. The lowest BCUT2D eigenvalue weighted by Crippen LogP contribution is -2.03. The van der Waals surface area contributed by atoms with Crippen LogP contribution in [0.4, 0.5) is 0 Å². The van der Waals surface area contributed by atoms with E-state index in [0.717, 1.165) is 28.4 Å². The Morgan fingerprint density at radius 1 is 1.29 bits per heavy atom. The fourth-order valence-corrected chi connectivity index (χ4v) is 2.76. The zero-order valence-corrected chi connectivity index (χ0v) is 13.6. The largest absolute Gasteiger partial charge is 0.465 e. The zero-order valence-electron chi connectivity index (χ0n) is 13.6. The number of benzene rings is 1. The monoisotopic (exact) mass is 324 g/mol. The Bertz CT molecular complexity index is 887. The fraction of sp³-hybridized carbons (Fsp3) is 0.222. The van der Waals surface area contributed by atoms with E-state index in [1.165, 1.54) is 13.2 Å². The van der Waals surface area contributed by atoms with Gasteiger partial charge in [-0.1, -0.05) is 0 Å². The standard InChI is InChI=1S/C18H16N2O4/c1-11-6-13(7-14(9-19)18(21)22-3)12(2)20(11)15-4-5-16-17(8-15)24-10-23-16/h4-8H,10H2,1-3H3/b14-7+. The van der Waals surface area contributed by atoms with Crippen LogP contribution in [0.2, 0.25) is 0 Å². The fourth-order valence-electron chi connectivity index (χ4n) is 2.76. The molecule has 1 aliphatic rings. The summed E-state index contributed by atoms with van der Waals surface area (Å²) in [5, 5.41) is 9.12. The van der Waals surface area contributed by atoms with Crippen LogP contribution in [0, 0.1) is 25.2 Å². The average molecular weight is 324 g/mol. The van der Waals surface area contributed by atoms with Gasteiger partial charge >= 0.3 is 5.97 Å². The normalized spacial score (nSPS) is 12.8. The first-order valence-corrected chi connectivity index (χ1v) is 7.34. The lowest BCUT2D eigenvalue weighted by molar-refractivity contribution is -0.135. The first-order chi connectivity index (χ1) is 11.5. The Morgan fingerprint density at radius 3 is 2.75 bits per heavy atom. The third-order valence-electron chi connectivity index (χ3n) is 3.91. The van der Waals surface area contributed by atoms with E-state index in [-0.39, 0.29) is 12.4 Å². The molecule has 2 heterocycles. The van der Waals surface area contributed by atoms with Crippen molar-refractivity contribution < 1.29 is 19.0 Å². The Kier molecular flexibility index (Phi) is 4.00. The maximum atomic E-state index is 11.6. The van der Waals surface area contributed by atoms with E-state index in [1.54, 1.807) is 0 Å². The molecule has 0 radical (unpaired) electrons. The minimum atomic E-state index is -0.648. The molecule has 0 atom stereocenters. The first-order valence-electron chi connectivity index (χ1n) is 7.34. The van der Waals surface area contributed by atoms with Gasteiger partial charge in [-0.3, -0.25) is 0 Å². The molecule has 2 aromatic rings. The van der Waals surface area contributed by atoms with Crippen LogP contribution in [0.1, 0.15) is 17.0 Å². The summed E-state index contributed by atoms with van der Waals surface area (Å²) >= 11 is 0. The second-order valence-corrected chi connectivity index (χ2v) is 5.36. The van der Waals surface area contributed by atoms with Gasteiger partial charge in [0.15, 0.2) is 11.5 Å². The second kappa shape index (κ2) is 6.13. The van der Waals surface area contributed by atoms with E-state index >= 15 is 0 Å². The third kappa shape index (κ3) is 2.61. The van der Waals surface area contributed by atoms with Crippen molar-refractivity contribution >= 4 is 12.0 Å². The van der Waals surface area contributed by atoms with Gasteiger partial charge in [-0.15, -0.1) is 0 Å². The molecule has 122 valence electrons. The van der Waals surface area contributed by atoms with Gasteiger partial charge in [-0.2, -0.15) is 5.26 Å². The summed E-state index contributed by atoms with van der Waals surface area (Å²) in [5.74, 6) is 0.772. The van der Waals surface area contributed by atoms with Crippen molar-refractivity contribution in [3.05, 3.63) is 46.8 Å². The third-order valence-corrected chi connectivity index (χ3v) is 3.91. The average Bonchev–Trinajstić information content (AvgIpc) is 3.15. The lowest BCUT2D eigenvalue weighted by atomic mass is 10.1. The molecule has 3 rings (SSSR count). The van der Waals surface area contributed by atoms with Gasteiger partial charge in [0.05, 0.1) is 7.11 Å². The van der Waals surface area contributed by atoms with Crippen LogP contribution in [-0.4, -0.2) is 24.4 Å². The van der Waals surface area contributed by atoms with Gasteiger partial charge in [0.2, 0.25) is 6.79 Å². The number of hydrogen-bond acceptors (Lipinski definition) is 5. The van der Waals surface area contributed by atoms with E-state index in [4.69, 9.17) is 14.7 Å². The summed E-state index contributed by atoms with van der Waals surface area (Å²) in [6.45, 7) is 4.11. The molecule has 0 unspecified atom stereocenters. The van der Waals surface area contributed by atoms with Crippen LogP contribution < -0.4 is 9.47 Å². The SMILES string of the molecule is COC(=O)/C(C#N)=C/c1cc(C)n(-c2ccc3c(c2)OCO3)c1C. The van der Waals surface area contributed by atoms with Crippen molar-refractivity contribution in [3.63, 3.8) is 0 Å². The van der Waals surface area contributed by atoms with Crippen LogP contribution in [0.3, 0.4) is 0 Å². The minimum absolute atomic E-state index is 0.0385. The lowest BCUT2D eigenvalue weighted by Gasteiger charge is -2.10. The van der Waals surface area contributed by atoms with Gasteiger partial charge in [0.25, 0.3) is 0 Å². The van der Waals surface area contributed by atoms with Crippen molar-refractivity contribution in [2.24, 2.45) is 0 Å².